The van der Waals surface area contributed by atoms with Gasteiger partial charge in [-0.25, -0.2) is 4.98 Å². The molecule has 30 heavy (non-hydrogen) atoms. The van der Waals surface area contributed by atoms with Gasteiger partial charge in [0.05, 0.1) is 23.7 Å². The molecule has 1 aliphatic heterocycles. The fraction of sp³-hybridized carbons (Fsp3) is 0.391. The number of ether oxygens (including phenoxy) is 1. The van der Waals surface area contributed by atoms with Crippen molar-refractivity contribution in [3.63, 3.8) is 0 Å². The van der Waals surface area contributed by atoms with Crippen LogP contribution in [0.3, 0.4) is 0 Å². The summed E-state index contributed by atoms with van der Waals surface area (Å²) < 4.78 is 7.34. The summed E-state index contributed by atoms with van der Waals surface area (Å²) in [6, 6.07) is 10.9. The van der Waals surface area contributed by atoms with Crippen molar-refractivity contribution in [2.75, 3.05) is 18.1 Å². The molecule has 0 bridgehead atoms. The Hall–Kier alpha value is -3.22. The average molecular weight is 406 g/mol. The molecule has 2 atom stereocenters. The molecule has 0 spiro atoms. The summed E-state index contributed by atoms with van der Waals surface area (Å²) in [5.41, 5.74) is 2.43. The molecule has 156 valence electrons. The number of aromatic nitrogens is 3. The van der Waals surface area contributed by atoms with Gasteiger partial charge in [0.25, 0.3) is 0 Å². The van der Waals surface area contributed by atoms with E-state index in [-0.39, 0.29) is 12.5 Å². The fourth-order valence-electron chi connectivity index (χ4n) is 4.00. The second-order valence-corrected chi connectivity index (χ2v) is 7.90. The van der Waals surface area contributed by atoms with Crippen molar-refractivity contribution in [2.24, 2.45) is 11.8 Å². The zero-order valence-corrected chi connectivity index (χ0v) is 17.5. The van der Waals surface area contributed by atoms with Crippen LogP contribution in [0.1, 0.15) is 38.8 Å². The van der Waals surface area contributed by atoms with Gasteiger partial charge in [0.15, 0.2) is 5.92 Å². The van der Waals surface area contributed by atoms with Crippen molar-refractivity contribution < 1.29 is 14.3 Å². The quantitative estimate of drug-likeness (QED) is 0.462. The first kappa shape index (κ1) is 20.1. The standard InChI is InChI=1S/C23H26N4O3/c1-4-30-22(29)19-20(16-8-7-12-24-14-16)27-18-10-6-5-9-17(18)25-23(27)26(21(19)28)13-11-15(2)3/h5-10,12,14-15,19-20H,4,11,13H2,1-3H3/t19-,20-/m0/s1. The number of nitrogens with zero attached hydrogens (tertiary/aromatic N) is 4. The summed E-state index contributed by atoms with van der Waals surface area (Å²) >= 11 is 0. The van der Waals surface area contributed by atoms with E-state index in [4.69, 9.17) is 9.72 Å². The van der Waals surface area contributed by atoms with Crippen LogP contribution in [0.15, 0.2) is 48.8 Å². The maximum Gasteiger partial charge on any atom is 0.321 e. The molecule has 3 aromatic rings. The third kappa shape index (κ3) is 3.44. The molecule has 0 N–H and O–H groups in total. The number of rotatable bonds is 6. The van der Waals surface area contributed by atoms with E-state index in [1.165, 1.54) is 0 Å². The molecule has 7 nitrogen and oxygen atoms in total. The second kappa shape index (κ2) is 8.26. The van der Waals surface area contributed by atoms with Crippen LogP contribution in [0.4, 0.5) is 5.95 Å². The Morgan fingerprint density at radius 1 is 1.20 bits per heavy atom. The maximum atomic E-state index is 13.6. The van der Waals surface area contributed by atoms with Gasteiger partial charge in [0.2, 0.25) is 11.9 Å². The van der Waals surface area contributed by atoms with Crippen LogP contribution in [-0.2, 0) is 14.3 Å². The first-order valence-corrected chi connectivity index (χ1v) is 10.4. The van der Waals surface area contributed by atoms with Crippen LogP contribution in [0, 0.1) is 11.8 Å². The SMILES string of the molecule is CCOC(=O)[C@@H]1C(=O)N(CCC(C)C)c2nc3ccccc3n2[C@H]1c1cccnc1. The summed E-state index contributed by atoms with van der Waals surface area (Å²) in [4.78, 5) is 37.3. The Balaban J connectivity index is 1.95. The predicted octanol–water partition coefficient (Wildman–Crippen LogP) is 3.59. The Bertz CT molecular complexity index is 1060. The number of amides is 1. The third-order valence-corrected chi connectivity index (χ3v) is 5.44. The van der Waals surface area contributed by atoms with E-state index in [1.807, 2.05) is 41.0 Å². The van der Waals surface area contributed by atoms with Gasteiger partial charge in [0.1, 0.15) is 0 Å². The molecule has 0 fully saturated rings. The summed E-state index contributed by atoms with van der Waals surface area (Å²) in [5, 5.41) is 0. The Kier molecular flexibility index (Phi) is 5.53. The van der Waals surface area contributed by atoms with Crippen molar-refractivity contribution in [3.8, 4) is 0 Å². The molecule has 3 heterocycles. The van der Waals surface area contributed by atoms with Gasteiger partial charge in [-0.05, 0) is 43.0 Å². The molecule has 0 saturated carbocycles. The highest BCUT2D eigenvalue weighted by molar-refractivity contribution is 6.08. The van der Waals surface area contributed by atoms with Gasteiger partial charge < -0.3 is 9.30 Å². The minimum absolute atomic E-state index is 0.214. The normalized spacial score (nSPS) is 18.7. The second-order valence-electron chi connectivity index (χ2n) is 7.90. The minimum atomic E-state index is -0.994. The minimum Gasteiger partial charge on any atom is -0.465 e. The molecule has 7 heteroatoms. The molecule has 4 rings (SSSR count). The smallest absolute Gasteiger partial charge is 0.321 e. The van der Waals surface area contributed by atoms with Crippen molar-refractivity contribution in [1.82, 2.24) is 14.5 Å². The zero-order valence-electron chi connectivity index (χ0n) is 17.5. The van der Waals surface area contributed by atoms with Crippen LogP contribution in [0.5, 0.6) is 0 Å². The van der Waals surface area contributed by atoms with Crippen LogP contribution < -0.4 is 4.90 Å². The molecule has 0 unspecified atom stereocenters. The summed E-state index contributed by atoms with van der Waals surface area (Å²) in [5.74, 6) is -0.810. The predicted molar refractivity (Wildman–Crippen MR) is 114 cm³/mol. The lowest BCUT2D eigenvalue weighted by molar-refractivity contribution is -0.153. The number of hydrogen-bond acceptors (Lipinski definition) is 5. The highest BCUT2D eigenvalue weighted by atomic mass is 16.5. The Morgan fingerprint density at radius 3 is 2.70 bits per heavy atom. The van der Waals surface area contributed by atoms with Gasteiger partial charge in [-0.3, -0.25) is 19.5 Å². The van der Waals surface area contributed by atoms with E-state index in [9.17, 15) is 9.59 Å². The van der Waals surface area contributed by atoms with Crippen molar-refractivity contribution >= 4 is 28.9 Å². The number of benzene rings is 1. The van der Waals surface area contributed by atoms with E-state index in [0.29, 0.717) is 18.4 Å². The number of para-hydroxylation sites is 2. The number of esters is 1. The van der Waals surface area contributed by atoms with Crippen molar-refractivity contribution in [2.45, 2.75) is 33.2 Å². The molecule has 0 saturated heterocycles. The highest BCUT2D eigenvalue weighted by Crippen LogP contribution is 2.41. The number of fused-ring (bicyclic) bond motifs is 3. The van der Waals surface area contributed by atoms with Gasteiger partial charge in [-0.15, -0.1) is 0 Å². The number of imidazole rings is 1. The summed E-state index contributed by atoms with van der Waals surface area (Å²) in [7, 11) is 0. The number of anilines is 1. The molecule has 1 amide bonds. The lowest BCUT2D eigenvalue weighted by Crippen LogP contribution is -2.50. The topological polar surface area (TPSA) is 77.3 Å². The molecular weight excluding hydrogens is 380 g/mol. The first-order chi connectivity index (χ1) is 14.5. The fourth-order valence-corrected chi connectivity index (χ4v) is 4.00. The lowest BCUT2D eigenvalue weighted by Gasteiger charge is -2.38. The third-order valence-electron chi connectivity index (χ3n) is 5.44. The summed E-state index contributed by atoms with van der Waals surface area (Å²) in [6.07, 6.45) is 4.18. The van der Waals surface area contributed by atoms with Gasteiger partial charge in [0, 0.05) is 18.9 Å². The molecule has 0 radical (unpaired) electrons. The Labute approximate surface area is 175 Å². The monoisotopic (exact) mass is 406 g/mol. The van der Waals surface area contributed by atoms with Gasteiger partial charge in [-0.2, -0.15) is 0 Å². The zero-order chi connectivity index (χ0) is 21.3. The molecule has 2 aromatic heterocycles. The summed E-state index contributed by atoms with van der Waals surface area (Å²) in [6.45, 7) is 6.68. The first-order valence-electron chi connectivity index (χ1n) is 10.4. The van der Waals surface area contributed by atoms with E-state index >= 15 is 0 Å². The number of carbonyl (C=O) groups excluding carboxylic acids is 2. The van der Waals surface area contributed by atoms with Crippen LogP contribution in [0.2, 0.25) is 0 Å². The van der Waals surface area contributed by atoms with Crippen molar-refractivity contribution in [1.29, 1.82) is 0 Å². The molecular formula is C23H26N4O3. The largest absolute Gasteiger partial charge is 0.465 e. The van der Waals surface area contributed by atoms with Crippen LogP contribution in [0.25, 0.3) is 11.0 Å². The van der Waals surface area contributed by atoms with Crippen LogP contribution >= 0.6 is 0 Å². The van der Waals surface area contributed by atoms with Crippen LogP contribution in [-0.4, -0.2) is 39.6 Å². The number of carbonyl (C=O) groups is 2. The molecule has 0 aliphatic carbocycles. The highest BCUT2D eigenvalue weighted by Gasteiger charge is 2.47. The Morgan fingerprint density at radius 2 is 2.00 bits per heavy atom. The van der Waals surface area contributed by atoms with E-state index in [0.717, 1.165) is 23.0 Å². The number of hydrogen-bond donors (Lipinski definition) is 0. The average Bonchev–Trinajstić information content (AvgIpc) is 3.12. The number of pyridine rings is 1. The van der Waals surface area contributed by atoms with Gasteiger partial charge in [-0.1, -0.05) is 32.0 Å². The van der Waals surface area contributed by atoms with Gasteiger partial charge >= 0.3 is 5.97 Å². The molecule has 1 aliphatic rings. The van der Waals surface area contributed by atoms with E-state index in [1.54, 1.807) is 24.2 Å². The van der Waals surface area contributed by atoms with E-state index in [2.05, 4.69) is 18.8 Å². The maximum absolute atomic E-state index is 13.6. The van der Waals surface area contributed by atoms with Crippen molar-refractivity contribution in [3.05, 3.63) is 54.4 Å². The molecule has 1 aromatic carbocycles. The lowest BCUT2D eigenvalue weighted by atomic mass is 9.90. The van der Waals surface area contributed by atoms with E-state index < -0.39 is 17.9 Å².